The first-order valence-corrected chi connectivity index (χ1v) is 15.6. The van der Waals surface area contributed by atoms with Crippen molar-refractivity contribution in [3.63, 3.8) is 0 Å². The standard InChI is InChI=1S/C31H30F2N2O4S2/c1-21-15-30(41(36,37)35(31-19-40-20-34-31)17-22-7-13-26(38-2)14-8-22)28(33)16-29(21)39-18-24-5-3-4-6-27(24)23-9-11-25(32)12-10-23/h6-16,19-20,24H,3-5,17-18H2,1-2H3. The molecule has 1 atom stereocenters. The van der Waals surface area contributed by atoms with Crippen LogP contribution < -0.4 is 13.8 Å². The van der Waals surface area contributed by atoms with E-state index in [1.165, 1.54) is 35.0 Å². The Labute approximate surface area is 242 Å². The SMILES string of the molecule is COc1ccc(CN(c2cscn2)S(=O)(=O)c2cc(C)c(OCC3CCCC=C3c3ccc(F)cc3)cc2F)cc1. The molecule has 0 saturated carbocycles. The Bertz CT molecular complexity index is 1620. The lowest BCUT2D eigenvalue weighted by Gasteiger charge is -2.26. The van der Waals surface area contributed by atoms with Crippen molar-refractivity contribution >= 4 is 32.8 Å². The highest BCUT2D eigenvalue weighted by Crippen LogP contribution is 2.35. The molecule has 1 heterocycles. The molecule has 0 saturated heterocycles. The molecule has 10 heteroatoms. The van der Waals surface area contributed by atoms with Crippen LogP contribution in [0.3, 0.4) is 0 Å². The average molecular weight is 597 g/mol. The fourth-order valence-corrected chi connectivity index (χ4v) is 7.07. The summed E-state index contributed by atoms with van der Waals surface area (Å²) in [6.07, 6.45) is 4.94. The van der Waals surface area contributed by atoms with Crippen molar-refractivity contribution in [1.82, 2.24) is 4.98 Å². The number of thiazole rings is 1. The first-order chi connectivity index (χ1) is 19.8. The van der Waals surface area contributed by atoms with E-state index in [2.05, 4.69) is 11.1 Å². The van der Waals surface area contributed by atoms with Crippen molar-refractivity contribution in [3.05, 3.63) is 106 Å². The Hall–Kier alpha value is -3.76. The molecule has 1 aliphatic carbocycles. The number of benzene rings is 3. The van der Waals surface area contributed by atoms with Crippen LogP contribution in [0.2, 0.25) is 0 Å². The maximum atomic E-state index is 15.5. The van der Waals surface area contributed by atoms with Gasteiger partial charge in [0.05, 0.1) is 25.8 Å². The molecule has 1 aromatic heterocycles. The second-order valence-electron chi connectivity index (χ2n) is 9.86. The minimum atomic E-state index is -4.32. The lowest BCUT2D eigenvalue weighted by Crippen LogP contribution is -2.31. The fourth-order valence-electron chi connectivity index (χ4n) is 4.93. The maximum Gasteiger partial charge on any atom is 0.268 e. The van der Waals surface area contributed by atoms with Gasteiger partial charge in [0.15, 0.2) is 5.82 Å². The third-order valence-electron chi connectivity index (χ3n) is 7.14. The molecule has 0 fully saturated rings. The fraction of sp³-hybridized carbons (Fsp3) is 0.258. The van der Waals surface area contributed by atoms with Gasteiger partial charge in [0.1, 0.15) is 28.0 Å². The number of nitrogens with zero attached hydrogens (tertiary/aromatic N) is 2. The van der Waals surface area contributed by atoms with Gasteiger partial charge in [-0.15, -0.1) is 11.3 Å². The smallest absolute Gasteiger partial charge is 0.268 e. The quantitative estimate of drug-likeness (QED) is 0.191. The summed E-state index contributed by atoms with van der Waals surface area (Å²) in [5, 5.41) is 1.61. The van der Waals surface area contributed by atoms with Crippen LogP contribution in [-0.4, -0.2) is 27.1 Å². The molecule has 3 aromatic carbocycles. The molecule has 6 nitrogen and oxygen atoms in total. The highest BCUT2D eigenvalue weighted by molar-refractivity contribution is 7.92. The Kier molecular flexibility index (Phi) is 8.70. The maximum absolute atomic E-state index is 15.5. The van der Waals surface area contributed by atoms with Gasteiger partial charge in [-0.05, 0) is 78.8 Å². The molecule has 0 amide bonds. The highest BCUT2D eigenvalue weighted by atomic mass is 32.2. The molecular weight excluding hydrogens is 566 g/mol. The van der Waals surface area contributed by atoms with Crippen molar-refractivity contribution in [1.29, 1.82) is 0 Å². The van der Waals surface area contributed by atoms with E-state index in [0.717, 1.165) is 40.8 Å². The van der Waals surface area contributed by atoms with Gasteiger partial charge in [0.25, 0.3) is 10.0 Å². The van der Waals surface area contributed by atoms with E-state index >= 15 is 4.39 Å². The van der Waals surface area contributed by atoms with E-state index < -0.39 is 20.7 Å². The Morgan fingerprint density at radius 1 is 1.07 bits per heavy atom. The van der Waals surface area contributed by atoms with Gasteiger partial charge in [-0.3, -0.25) is 0 Å². The van der Waals surface area contributed by atoms with Gasteiger partial charge in [0.2, 0.25) is 0 Å². The summed E-state index contributed by atoms with van der Waals surface area (Å²) >= 11 is 1.25. The van der Waals surface area contributed by atoms with Crippen molar-refractivity contribution < 1.29 is 26.7 Å². The predicted octanol–water partition coefficient (Wildman–Crippen LogP) is 7.40. The molecule has 0 aliphatic heterocycles. The molecule has 1 unspecified atom stereocenters. The topological polar surface area (TPSA) is 68.7 Å². The Morgan fingerprint density at radius 2 is 1.83 bits per heavy atom. The van der Waals surface area contributed by atoms with Crippen molar-refractivity contribution in [2.75, 3.05) is 18.0 Å². The summed E-state index contributed by atoms with van der Waals surface area (Å²) in [5.74, 6) is -0.0243. The summed E-state index contributed by atoms with van der Waals surface area (Å²) in [7, 11) is -2.76. The van der Waals surface area contributed by atoms with Crippen LogP contribution in [0, 0.1) is 24.5 Å². The zero-order valence-electron chi connectivity index (χ0n) is 22.7. The Balaban J connectivity index is 1.38. The first-order valence-electron chi connectivity index (χ1n) is 13.2. The molecule has 214 valence electrons. The molecule has 0 radical (unpaired) electrons. The number of hydrogen-bond acceptors (Lipinski definition) is 6. The molecule has 1 aliphatic rings. The van der Waals surface area contributed by atoms with Gasteiger partial charge < -0.3 is 9.47 Å². The minimum Gasteiger partial charge on any atom is -0.497 e. The molecule has 0 spiro atoms. The predicted molar refractivity (Wildman–Crippen MR) is 157 cm³/mol. The number of methoxy groups -OCH3 is 1. The van der Waals surface area contributed by atoms with Crippen LogP contribution in [0.15, 0.2) is 82.5 Å². The number of sulfonamides is 1. The van der Waals surface area contributed by atoms with E-state index in [9.17, 15) is 12.8 Å². The van der Waals surface area contributed by atoms with Gasteiger partial charge in [-0.2, -0.15) is 0 Å². The number of aryl methyl sites for hydroxylation is 1. The molecular formula is C31H30F2N2O4S2. The summed E-state index contributed by atoms with van der Waals surface area (Å²) in [4.78, 5) is 3.74. The number of anilines is 1. The van der Waals surface area contributed by atoms with Crippen LogP contribution in [0.5, 0.6) is 11.5 Å². The second-order valence-corrected chi connectivity index (χ2v) is 12.4. The van der Waals surface area contributed by atoms with Gasteiger partial charge in [-0.25, -0.2) is 26.5 Å². The lowest BCUT2D eigenvalue weighted by molar-refractivity contribution is 0.265. The van der Waals surface area contributed by atoms with E-state index in [4.69, 9.17) is 9.47 Å². The molecule has 41 heavy (non-hydrogen) atoms. The Morgan fingerprint density at radius 3 is 2.51 bits per heavy atom. The zero-order valence-corrected chi connectivity index (χ0v) is 24.4. The largest absolute Gasteiger partial charge is 0.497 e. The van der Waals surface area contributed by atoms with Crippen molar-refractivity contribution in [2.45, 2.75) is 37.6 Å². The molecule has 5 rings (SSSR count). The second kappa shape index (κ2) is 12.4. The summed E-state index contributed by atoms with van der Waals surface area (Å²) in [6.45, 7) is 1.95. The zero-order chi connectivity index (χ0) is 29.0. The number of rotatable bonds is 10. The normalized spacial score (nSPS) is 15.3. The lowest BCUT2D eigenvalue weighted by atomic mass is 9.84. The van der Waals surface area contributed by atoms with Gasteiger partial charge in [0, 0.05) is 17.4 Å². The van der Waals surface area contributed by atoms with Gasteiger partial charge >= 0.3 is 0 Å². The number of hydrogen-bond donors (Lipinski definition) is 0. The monoisotopic (exact) mass is 596 g/mol. The number of aromatic nitrogens is 1. The van der Waals surface area contributed by atoms with E-state index in [1.807, 2.05) is 0 Å². The minimum absolute atomic E-state index is 0.0347. The van der Waals surface area contributed by atoms with Crippen LogP contribution in [-0.2, 0) is 16.6 Å². The molecule has 4 aromatic rings. The number of ether oxygens (including phenoxy) is 2. The highest BCUT2D eigenvalue weighted by Gasteiger charge is 2.31. The molecule has 0 bridgehead atoms. The van der Waals surface area contributed by atoms with Crippen LogP contribution >= 0.6 is 11.3 Å². The third-order valence-corrected chi connectivity index (χ3v) is 9.48. The average Bonchev–Trinajstić information content (AvgIpc) is 3.51. The number of allylic oxidation sites excluding steroid dienone is 1. The first kappa shape index (κ1) is 28.8. The van der Waals surface area contributed by atoms with E-state index in [-0.39, 0.29) is 36.5 Å². The van der Waals surface area contributed by atoms with Crippen molar-refractivity contribution in [3.8, 4) is 11.5 Å². The van der Waals surface area contributed by atoms with Gasteiger partial charge in [-0.1, -0.05) is 30.3 Å². The number of halogens is 2. The van der Waals surface area contributed by atoms with Crippen LogP contribution in [0.4, 0.5) is 14.6 Å². The van der Waals surface area contributed by atoms with E-state index in [1.54, 1.807) is 55.8 Å². The van der Waals surface area contributed by atoms with E-state index in [0.29, 0.717) is 16.9 Å². The summed E-state index contributed by atoms with van der Waals surface area (Å²) < 4.78 is 69.0. The van der Waals surface area contributed by atoms with Crippen LogP contribution in [0.1, 0.15) is 36.0 Å². The molecule has 0 N–H and O–H groups in total. The van der Waals surface area contributed by atoms with Crippen molar-refractivity contribution in [2.24, 2.45) is 5.92 Å². The summed E-state index contributed by atoms with van der Waals surface area (Å²) in [6, 6.07) is 15.8. The summed E-state index contributed by atoms with van der Waals surface area (Å²) in [5.41, 5.74) is 4.73. The van der Waals surface area contributed by atoms with Crippen LogP contribution in [0.25, 0.3) is 5.57 Å². The third kappa shape index (κ3) is 6.44.